The average Bonchev–Trinajstić information content (AvgIpc) is 2.64. The zero-order valence-electron chi connectivity index (χ0n) is 10.5. The fourth-order valence-corrected chi connectivity index (χ4v) is 3.04. The van der Waals surface area contributed by atoms with Crippen LogP contribution in [0.5, 0.6) is 0 Å². The van der Waals surface area contributed by atoms with Gasteiger partial charge in [0.2, 0.25) is 0 Å². The Hall–Kier alpha value is -1.23. The van der Waals surface area contributed by atoms with Gasteiger partial charge >= 0.3 is 5.97 Å². The van der Waals surface area contributed by atoms with Gasteiger partial charge in [0.1, 0.15) is 5.69 Å². The van der Waals surface area contributed by atoms with Crippen molar-refractivity contribution in [3.8, 4) is 0 Å². The van der Waals surface area contributed by atoms with E-state index in [4.69, 9.17) is 5.11 Å². The molecule has 2 rings (SSSR count). The molecule has 1 aliphatic heterocycles. The second kappa shape index (κ2) is 6.09. The molecule has 5 heteroatoms. The van der Waals surface area contributed by atoms with E-state index in [1.54, 1.807) is 12.3 Å². The van der Waals surface area contributed by atoms with Crippen LogP contribution in [-0.2, 0) is 0 Å². The number of carboxylic acid groups (broad SMARTS) is 1. The molecule has 18 heavy (non-hydrogen) atoms. The van der Waals surface area contributed by atoms with E-state index in [0.717, 1.165) is 36.9 Å². The number of nitrogens with zero attached hydrogens (tertiary/aromatic N) is 2. The van der Waals surface area contributed by atoms with Crippen LogP contribution in [0.1, 0.15) is 29.8 Å². The van der Waals surface area contributed by atoms with Crippen molar-refractivity contribution in [2.45, 2.75) is 24.5 Å². The Kier molecular flexibility index (Phi) is 4.47. The van der Waals surface area contributed by atoms with Crippen LogP contribution in [0.4, 0.5) is 5.69 Å². The lowest BCUT2D eigenvalue weighted by atomic mass is 10.2. The number of hydrogen-bond acceptors (Lipinski definition) is 4. The first-order chi connectivity index (χ1) is 8.70. The summed E-state index contributed by atoms with van der Waals surface area (Å²) in [6.45, 7) is 1.99. The predicted octanol–water partition coefficient (Wildman–Crippen LogP) is 2.50. The van der Waals surface area contributed by atoms with E-state index in [0.29, 0.717) is 0 Å². The minimum atomic E-state index is -0.964. The smallest absolute Gasteiger partial charge is 0.354 e. The zero-order valence-corrected chi connectivity index (χ0v) is 11.3. The van der Waals surface area contributed by atoms with Crippen molar-refractivity contribution in [2.24, 2.45) is 0 Å². The Morgan fingerprint density at radius 2 is 2.33 bits per heavy atom. The van der Waals surface area contributed by atoms with Gasteiger partial charge in [-0.05, 0) is 37.7 Å². The molecule has 4 nitrogen and oxygen atoms in total. The van der Waals surface area contributed by atoms with Crippen LogP contribution >= 0.6 is 11.8 Å². The molecule has 1 aromatic heterocycles. The lowest BCUT2D eigenvalue weighted by molar-refractivity contribution is 0.0690. The molecule has 1 saturated heterocycles. The summed E-state index contributed by atoms with van der Waals surface area (Å²) in [4.78, 5) is 17.0. The maximum absolute atomic E-state index is 10.9. The van der Waals surface area contributed by atoms with Gasteiger partial charge in [0.05, 0.1) is 0 Å². The molecule has 0 aliphatic carbocycles. The number of carboxylic acids is 1. The summed E-state index contributed by atoms with van der Waals surface area (Å²) in [7, 11) is 0. The summed E-state index contributed by atoms with van der Waals surface area (Å²) >= 11 is 1.93. The third-order valence-corrected chi connectivity index (χ3v) is 4.47. The van der Waals surface area contributed by atoms with Crippen molar-refractivity contribution in [2.75, 3.05) is 24.2 Å². The van der Waals surface area contributed by atoms with Gasteiger partial charge < -0.3 is 10.0 Å². The van der Waals surface area contributed by atoms with Crippen molar-refractivity contribution in [3.63, 3.8) is 0 Å². The highest BCUT2D eigenvalue weighted by atomic mass is 32.2. The summed E-state index contributed by atoms with van der Waals surface area (Å²) < 4.78 is 0. The van der Waals surface area contributed by atoms with E-state index >= 15 is 0 Å². The van der Waals surface area contributed by atoms with Crippen LogP contribution in [0.2, 0.25) is 0 Å². The van der Waals surface area contributed by atoms with Crippen LogP contribution in [0.15, 0.2) is 18.3 Å². The second-order valence-electron chi connectivity index (χ2n) is 4.48. The third-order valence-electron chi connectivity index (χ3n) is 3.34. The number of aromatic carboxylic acids is 1. The Balaban J connectivity index is 2.11. The summed E-state index contributed by atoms with van der Waals surface area (Å²) in [5.74, 6) is -0.964. The van der Waals surface area contributed by atoms with Gasteiger partial charge in [0.25, 0.3) is 0 Å². The lowest BCUT2D eigenvalue weighted by Gasteiger charge is -2.22. The maximum Gasteiger partial charge on any atom is 0.354 e. The van der Waals surface area contributed by atoms with Gasteiger partial charge in [-0.3, -0.25) is 0 Å². The highest BCUT2D eigenvalue weighted by molar-refractivity contribution is 7.99. The number of carbonyl (C=O) groups is 1. The summed E-state index contributed by atoms with van der Waals surface area (Å²) in [6.07, 6.45) is 7.31. The quantitative estimate of drug-likeness (QED) is 0.911. The zero-order chi connectivity index (χ0) is 13.0. The molecule has 0 saturated carbocycles. The van der Waals surface area contributed by atoms with E-state index in [2.05, 4.69) is 16.1 Å². The van der Waals surface area contributed by atoms with Crippen molar-refractivity contribution in [3.05, 3.63) is 24.0 Å². The molecule has 0 spiro atoms. The highest BCUT2D eigenvalue weighted by Gasteiger charge is 2.17. The number of rotatable bonds is 3. The van der Waals surface area contributed by atoms with Crippen molar-refractivity contribution in [1.82, 2.24) is 4.98 Å². The maximum atomic E-state index is 10.9. The largest absolute Gasteiger partial charge is 0.477 e. The SMILES string of the molecule is CSC1CCCN(c2ccnc(C(=O)O)c2)CC1. The molecule has 1 atom stereocenters. The molecule has 1 aliphatic rings. The first kappa shape index (κ1) is 13.2. The van der Waals surface area contributed by atoms with E-state index in [9.17, 15) is 4.79 Å². The monoisotopic (exact) mass is 266 g/mol. The Morgan fingerprint density at radius 3 is 3.06 bits per heavy atom. The number of pyridine rings is 1. The first-order valence-corrected chi connectivity index (χ1v) is 7.46. The number of anilines is 1. The Labute approximate surface area is 111 Å². The Morgan fingerprint density at radius 1 is 1.50 bits per heavy atom. The minimum Gasteiger partial charge on any atom is -0.477 e. The summed E-state index contributed by atoms with van der Waals surface area (Å²) in [6, 6.07) is 3.56. The highest BCUT2D eigenvalue weighted by Crippen LogP contribution is 2.24. The van der Waals surface area contributed by atoms with Crippen LogP contribution in [0.3, 0.4) is 0 Å². The van der Waals surface area contributed by atoms with Gasteiger partial charge in [0.15, 0.2) is 0 Å². The molecule has 0 radical (unpaired) electrons. The third kappa shape index (κ3) is 3.16. The topological polar surface area (TPSA) is 53.4 Å². The van der Waals surface area contributed by atoms with Gasteiger partial charge in [-0.2, -0.15) is 11.8 Å². The number of thioether (sulfide) groups is 1. The van der Waals surface area contributed by atoms with Crippen molar-refractivity contribution < 1.29 is 9.90 Å². The molecule has 2 heterocycles. The average molecular weight is 266 g/mol. The van der Waals surface area contributed by atoms with Crippen LogP contribution in [-0.4, -0.2) is 40.7 Å². The van der Waals surface area contributed by atoms with Gasteiger partial charge in [-0.15, -0.1) is 0 Å². The fraction of sp³-hybridized carbons (Fsp3) is 0.538. The predicted molar refractivity (Wildman–Crippen MR) is 74.6 cm³/mol. The lowest BCUT2D eigenvalue weighted by Crippen LogP contribution is -2.24. The molecule has 1 aromatic rings. The molecular formula is C13H18N2O2S. The van der Waals surface area contributed by atoms with Crippen LogP contribution in [0, 0.1) is 0 Å². The Bertz CT molecular complexity index is 425. The molecule has 0 amide bonds. The normalized spacial score (nSPS) is 20.5. The van der Waals surface area contributed by atoms with Crippen LogP contribution in [0.25, 0.3) is 0 Å². The fourth-order valence-electron chi connectivity index (χ4n) is 2.29. The first-order valence-electron chi connectivity index (χ1n) is 6.18. The molecular weight excluding hydrogens is 248 g/mol. The molecule has 1 unspecified atom stereocenters. The summed E-state index contributed by atoms with van der Waals surface area (Å²) in [5, 5.41) is 9.69. The summed E-state index contributed by atoms with van der Waals surface area (Å²) in [5.41, 5.74) is 1.10. The molecule has 98 valence electrons. The minimum absolute atomic E-state index is 0.123. The number of aromatic nitrogens is 1. The van der Waals surface area contributed by atoms with E-state index in [-0.39, 0.29) is 5.69 Å². The number of hydrogen-bond donors (Lipinski definition) is 1. The van der Waals surface area contributed by atoms with Crippen LogP contribution < -0.4 is 4.90 Å². The van der Waals surface area contributed by atoms with E-state index in [1.807, 2.05) is 17.8 Å². The molecule has 1 fully saturated rings. The second-order valence-corrected chi connectivity index (χ2v) is 5.62. The van der Waals surface area contributed by atoms with Crippen molar-refractivity contribution in [1.29, 1.82) is 0 Å². The standard InChI is InChI=1S/C13H18N2O2S/c1-18-11-3-2-7-15(8-5-11)10-4-6-14-12(9-10)13(16)17/h4,6,9,11H,2-3,5,7-8H2,1H3,(H,16,17). The van der Waals surface area contributed by atoms with Gasteiger partial charge in [-0.25, -0.2) is 9.78 Å². The molecule has 1 N–H and O–H groups in total. The van der Waals surface area contributed by atoms with Crippen molar-refractivity contribution >= 4 is 23.4 Å². The van der Waals surface area contributed by atoms with E-state index in [1.165, 1.54) is 6.42 Å². The van der Waals surface area contributed by atoms with E-state index < -0.39 is 5.97 Å². The van der Waals surface area contributed by atoms with Gasteiger partial charge in [-0.1, -0.05) is 0 Å². The molecule has 0 aromatic carbocycles. The molecule has 0 bridgehead atoms. The van der Waals surface area contributed by atoms with Gasteiger partial charge in [0, 0.05) is 30.2 Å².